The Morgan fingerprint density at radius 1 is 1.26 bits per heavy atom. The maximum atomic E-state index is 13.1. The lowest BCUT2D eigenvalue weighted by molar-refractivity contribution is 0.0935. The molecule has 1 aliphatic carbocycles. The second kappa shape index (κ2) is 7.00. The third-order valence-corrected chi connectivity index (χ3v) is 6.10. The summed E-state index contributed by atoms with van der Waals surface area (Å²) in [5.74, 6) is -0.0476. The maximum absolute atomic E-state index is 13.1. The van der Waals surface area contributed by atoms with Crippen LogP contribution in [0.2, 0.25) is 0 Å². The minimum Gasteiger partial charge on any atom is -0.349 e. The van der Waals surface area contributed by atoms with E-state index in [9.17, 15) is 4.79 Å². The topological polar surface area (TPSA) is 59.8 Å². The zero-order chi connectivity index (χ0) is 19.1. The van der Waals surface area contributed by atoms with Crippen molar-refractivity contribution in [1.82, 2.24) is 20.1 Å². The molecule has 0 bridgehead atoms. The summed E-state index contributed by atoms with van der Waals surface area (Å²) in [7, 11) is 1.89. The van der Waals surface area contributed by atoms with E-state index >= 15 is 0 Å². The van der Waals surface area contributed by atoms with Gasteiger partial charge in [0.2, 0.25) is 0 Å². The Morgan fingerprint density at radius 2 is 1.93 bits per heavy atom. The van der Waals surface area contributed by atoms with E-state index in [0.717, 1.165) is 34.5 Å². The number of hydrogen-bond acceptors (Lipinski definition) is 4. The summed E-state index contributed by atoms with van der Waals surface area (Å²) in [6.45, 7) is 6.25. The molecule has 0 radical (unpaired) electrons. The van der Waals surface area contributed by atoms with Crippen molar-refractivity contribution in [2.24, 2.45) is 7.05 Å². The fraction of sp³-hybridized carbons (Fsp3) is 0.381. The minimum absolute atomic E-state index is 0.0476. The summed E-state index contributed by atoms with van der Waals surface area (Å²) in [6, 6.07) is 8.55. The van der Waals surface area contributed by atoms with Crippen molar-refractivity contribution in [1.29, 1.82) is 0 Å². The van der Waals surface area contributed by atoms with Crippen LogP contribution in [0.15, 0.2) is 35.4 Å². The molecular weight excluding hydrogens is 356 g/mol. The van der Waals surface area contributed by atoms with Gasteiger partial charge in [0.25, 0.3) is 5.91 Å². The lowest BCUT2D eigenvalue weighted by Crippen LogP contribution is -2.35. The van der Waals surface area contributed by atoms with E-state index in [4.69, 9.17) is 0 Å². The van der Waals surface area contributed by atoms with E-state index in [2.05, 4.69) is 53.5 Å². The molecule has 1 aliphatic rings. The Bertz CT molecular complexity index is 999. The molecule has 0 spiro atoms. The first-order valence-electron chi connectivity index (χ1n) is 9.30. The van der Waals surface area contributed by atoms with Crippen LogP contribution < -0.4 is 5.32 Å². The molecule has 6 heteroatoms. The molecule has 1 aromatic carbocycles. The van der Waals surface area contributed by atoms with E-state index < -0.39 is 0 Å². The van der Waals surface area contributed by atoms with E-state index in [-0.39, 0.29) is 11.9 Å². The maximum Gasteiger partial charge on any atom is 0.254 e. The van der Waals surface area contributed by atoms with Crippen LogP contribution in [0.4, 0.5) is 0 Å². The Balaban J connectivity index is 1.66. The van der Waals surface area contributed by atoms with Crippen molar-refractivity contribution in [3.8, 4) is 0 Å². The summed E-state index contributed by atoms with van der Waals surface area (Å²) >= 11 is 1.70. The number of fused-ring (bicyclic) bond motifs is 2. The minimum atomic E-state index is -0.0476. The van der Waals surface area contributed by atoms with Gasteiger partial charge in [-0.3, -0.25) is 9.48 Å². The van der Waals surface area contributed by atoms with E-state index in [1.165, 1.54) is 11.1 Å². The van der Waals surface area contributed by atoms with E-state index in [1.54, 1.807) is 22.6 Å². The van der Waals surface area contributed by atoms with Gasteiger partial charge in [-0.25, -0.2) is 4.98 Å². The molecule has 1 N–H and O–H groups in total. The average molecular weight is 381 g/mol. The first kappa shape index (κ1) is 18.0. The number of thioether (sulfide) groups is 1. The van der Waals surface area contributed by atoms with Gasteiger partial charge in [0.15, 0.2) is 5.65 Å². The summed E-state index contributed by atoms with van der Waals surface area (Å²) in [5.41, 5.74) is 5.03. The molecular formula is C21H24N4OS. The molecule has 140 valence electrons. The molecule has 0 saturated heterocycles. The van der Waals surface area contributed by atoms with Crippen molar-refractivity contribution >= 4 is 28.7 Å². The molecule has 1 amide bonds. The second-order valence-electron chi connectivity index (χ2n) is 7.42. The number of aryl methyl sites for hydroxylation is 2. The van der Waals surface area contributed by atoms with Crippen LogP contribution in [0, 0.1) is 6.92 Å². The van der Waals surface area contributed by atoms with Crippen LogP contribution in [0.1, 0.15) is 41.0 Å². The van der Waals surface area contributed by atoms with Gasteiger partial charge in [-0.05, 0) is 30.9 Å². The molecule has 4 rings (SSSR count). The van der Waals surface area contributed by atoms with Gasteiger partial charge in [0, 0.05) is 29.4 Å². The summed E-state index contributed by atoms with van der Waals surface area (Å²) in [6.07, 6.45) is 3.47. The van der Waals surface area contributed by atoms with Crippen molar-refractivity contribution in [2.45, 2.75) is 49.8 Å². The van der Waals surface area contributed by atoms with Crippen LogP contribution in [-0.2, 0) is 19.9 Å². The molecule has 2 aromatic heterocycles. The van der Waals surface area contributed by atoms with Gasteiger partial charge < -0.3 is 5.32 Å². The van der Waals surface area contributed by atoms with Crippen LogP contribution in [0.3, 0.4) is 0 Å². The average Bonchev–Trinajstić information content (AvgIpc) is 3.14. The van der Waals surface area contributed by atoms with Crippen molar-refractivity contribution in [2.75, 3.05) is 0 Å². The largest absolute Gasteiger partial charge is 0.349 e. The zero-order valence-electron chi connectivity index (χ0n) is 16.1. The summed E-state index contributed by atoms with van der Waals surface area (Å²) in [5, 5.41) is 9.07. The highest BCUT2D eigenvalue weighted by atomic mass is 32.2. The SMILES string of the molecule is Cc1nn(C)c2ncc(C(=O)NC3Cc4ccccc4C3)c(SC(C)C)c12. The molecule has 2 heterocycles. The first-order chi connectivity index (χ1) is 12.9. The monoisotopic (exact) mass is 380 g/mol. The second-order valence-corrected chi connectivity index (χ2v) is 9.01. The summed E-state index contributed by atoms with van der Waals surface area (Å²) in [4.78, 5) is 18.6. The van der Waals surface area contributed by atoms with Gasteiger partial charge >= 0.3 is 0 Å². The molecule has 0 unspecified atom stereocenters. The third kappa shape index (κ3) is 3.34. The van der Waals surface area contributed by atoms with Crippen molar-refractivity contribution in [3.63, 3.8) is 0 Å². The fourth-order valence-electron chi connectivity index (χ4n) is 3.82. The van der Waals surface area contributed by atoms with Gasteiger partial charge in [-0.1, -0.05) is 38.1 Å². The number of nitrogens with one attached hydrogen (secondary N) is 1. The molecule has 3 aromatic rings. The standard InChI is InChI=1S/C21H24N4OS/c1-12(2)27-19-17(11-22-20-18(19)13(3)24-25(20)4)21(26)23-16-9-14-7-5-6-8-15(14)10-16/h5-8,11-12,16H,9-10H2,1-4H3,(H,23,26). The number of aromatic nitrogens is 3. The molecule has 5 nitrogen and oxygen atoms in total. The Hall–Kier alpha value is -2.34. The quantitative estimate of drug-likeness (QED) is 0.702. The van der Waals surface area contributed by atoms with E-state index in [1.807, 2.05) is 14.0 Å². The number of pyridine rings is 1. The van der Waals surface area contributed by atoms with Crippen LogP contribution in [0.5, 0.6) is 0 Å². The number of nitrogens with zero attached hydrogens (tertiary/aromatic N) is 3. The van der Waals surface area contributed by atoms with Crippen LogP contribution >= 0.6 is 11.8 Å². The lowest BCUT2D eigenvalue weighted by atomic mass is 10.1. The van der Waals surface area contributed by atoms with Crippen LogP contribution in [0.25, 0.3) is 11.0 Å². The number of amides is 1. The molecule has 0 saturated carbocycles. The lowest BCUT2D eigenvalue weighted by Gasteiger charge is -2.16. The first-order valence-corrected chi connectivity index (χ1v) is 10.2. The number of benzene rings is 1. The van der Waals surface area contributed by atoms with Crippen LogP contribution in [-0.4, -0.2) is 32.0 Å². The van der Waals surface area contributed by atoms with Gasteiger partial charge in [-0.2, -0.15) is 5.10 Å². The highest BCUT2D eigenvalue weighted by Gasteiger charge is 2.26. The molecule has 0 fully saturated rings. The fourth-order valence-corrected chi connectivity index (χ4v) is 4.92. The number of rotatable bonds is 4. The number of carbonyl (C=O) groups excluding carboxylic acids is 1. The van der Waals surface area contributed by atoms with Gasteiger partial charge in [0.1, 0.15) is 0 Å². The van der Waals surface area contributed by atoms with Crippen molar-refractivity contribution < 1.29 is 4.79 Å². The summed E-state index contributed by atoms with van der Waals surface area (Å²) < 4.78 is 1.78. The highest BCUT2D eigenvalue weighted by molar-refractivity contribution is 8.00. The Morgan fingerprint density at radius 3 is 2.56 bits per heavy atom. The number of hydrogen-bond donors (Lipinski definition) is 1. The Labute approximate surface area is 163 Å². The van der Waals surface area contributed by atoms with E-state index in [0.29, 0.717) is 10.8 Å². The molecule has 27 heavy (non-hydrogen) atoms. The third-order valence-electron chi connectivity index (χ3n) is 4.96. The van der Waals surface area contributed by atoms with Gasteiger partial charge in [-0.15, -0.1) is 11.8 Å². The van der Waals surface area contributed by atoms with Crippen molar-refractivity contribution in [3.05, 3.63) is 52.8 Å². The van der Waals surface area contributed by atoms with Gasteiger partial charge in [0.05, 0.1) is 16.6 Å². The normalized spacial score (nSPS) is 14.1. The zero-order valence-corrected chi connectivity index (χ0v) is 16.9. The molecule has 0 atom stereocenters. The predicted octanol–water partition coefficient (Wildman–Crippen LogP) is 3.67. The molecule has 0 aliphatic heterocycles. The predicted molar refractivity (Wildman–Crippen MR) is 109 cm³/mol. The smallest absolute Gasteiger partial charge is 0.254 e. The Kier molecular flexibility index (Phi) is 4.68. The highest BCUT2D eigenvalue weighted by Crippen LogP contribution is 2.35. The number of carbonyl (C=O) groups is 1.